The Hall–Kier alpha value is -3.85. The zero-order valence-corrected chi connectivity index (χ0v) is 18.2. The molecule has 0 aromatic heterocycles. The maximum absolute atomic E-state index is 13.7. The summed E-state index contributed by atoms with van der Waals surface area (Å²) in [5, 5.41) is 6.61. The van der Waals surface area contributed by atoms with E-state index in [2.05, 4.69) is 5.32 Å². The van der Waals surface area contributed by atoms with E-state index < -0.39 is 34.9 Å². The van der Waals surface area contributed by atoms with Crippen LogP contribution >= 0.6 is 11.8 Å². The summed E-state index contributed by atoms with van der Waals surface area (Å²) in [7, 11) is 0. The predicted octanol–water partition coefficient (Wildman–Crippen LogP) is 6.38. The molecule has 0 aliphatic carbocycles. The lowest BCUT2D eigenvalue weighted by atomic mass is 10.1. The molecule has 0 unspecified atom stereocenters. The van der Waals surface area contributed by atoms with Crippen LogP contribution in [0.5, 0.6) is 0 Å². The molecule has 0 heterocycles. The molecule has 34 heavy (non-hydrogen) atoms. The van der Waals surface area contributed by atoms with Gasteiger partial charge in [-0.1, -0.05) is 30.3 Å². The van der Waals surface area contributed by atoms with E-state index in [1.165, 1.54) is 0 Å². The van der Waals surface area contributed by atoms with Gasteiger partial charge in [0.1, 0.15) is 5.69 Å². The zero-order valence-electron chi connectivity index (χ0n) is 17.4. The van der Waals surface area contributed by atoms with Crippen molar-refractivity contribution in [3.63, 3.8) is 0 Å². The molecule has 0 fully saturated rings. The number of carbonyl (C=O) groups excluding carboxylic acids is 2. The Labute approximate surface area is 196 Å². The first-order valence-electron chi connectivity index (χ1n) is 9.97. The lowest BCUT2D eigenvalue weighted by Gasteiger charge is -2.09. The average Bonchev–Trinajstić information content (AvgIpc) is 2.84. The van der Waals surface area contributed by atoms with Crippen LogP contribution < -0.4 is 10.6 Å². The second kappa shape index (κ2) is 9.96. The van der Waals surface area contributed by atoms with Gasteiger partial charge in [0, 0.05) is 22.2 Å². The fourth-order valence-electron chi connectivity index (χ4n) is 3.18. The summed E-state index contributed by atoms with van der Waals surface area (Å²) in [6.45, 7) is 0. The molecule has 9 heteroatoms. The van der Waals surface area contributed by atoms with E-state index in [0.29, 0.717) is 16.1 Å². The normalized spacial score (nSPS) is 10.8. The van der Waals surface area contributed by atoms with Crippen molar-refractivity contribution in [1.29, 1.82) is 0 Å². The number of amides is 2. The van der Waals surface area contributed by atoms with Gasteiger partial charge in [0.2, 0.25) is 5.91 Å². The molecule has 2 amide bonds. The van der Waals surface area contributed by atoms with Gasteiger partial charge >= 0.3 is 0 Å². The van der Waals surface area contributed by atoms with E-state index in [4.69, 9.17) is 0 Å². The molecule has 0 atom stereocenters. The van der Waals surface area contributed by atoms with E-state index in [1.54, 1.807) is 36.4 Å². The number of fused-ring (bicyclic) bond motifs is 1. The molecular formula is C25H16F4N2O2S. The lowest BCUT2D eigenvalue weighted by Crippen LogP contribution is -2.17. The summed E-state index contributed by atoms with van der Waals surface area (Å²) in [5.74, 6) is -7.96. The highest BCUT2D eigenvalue weighted by Crippen LogP contribution is 2.26. The third kappa shape index (κ3) is 5.20. The van der Waals surface area contributed by atoms with Crippen molar-refractivity contribution in [3.05, 3.63) is 102 Å². The first kappa shape index (κ1) is 23.3. The number of thioether (sulfide) groups is 1. The summed E-state index contributed by atoms with van der Waals surface area (Å²) in [6, 6.07) is 19.7. The van der Waals surface area contributed by atoms with Crippen molar-refractivity contribution in [2.45, 2.75) is 4.90 Å². The summed E-state index contributed by atoms with van der Waals surface area (Å²) in [4.78, 5) is 25.2. The Morgan fingerprint density at radius 3 is 2.06 bits per heavy atom. The summed E-state index contributed by atoms with van der Waals surface area (Å²) < 4.78 is 53.9. The molecule has 0 saturated heterocycles. The molecule has 2 N–H and O–H groups in total. The van der Waals surface area contributed by atoms with Crippen LogP contribution in [0.2, 0.25) is 0 Å². The van der Waals surface area contributed by atoms with E-state index in [-0.39, 0.29) is 17.7 Å². The average molecular weight is 484 g/mol. The number of halogens is 4. The Bertz CT molecular complexity index is 1370. The number of hydrogen-bond acceptors (Lipinski definition) is 3. The van der Waals surface area contributed by atoms with Gasteiger partial charge in [-0.05, 0) is 47.2 Å². The topological polar surface area (TPSA) is 58.2 Å². The number of rotatable bonds is 6. The van der Waals surface area contributed by atoms with Crippen molar-refractivity contribution in [1.82, 2.24) is 0 Å². The molecule has 0 aliphatic rings. The highest BCUT2D eigenvalue weighted by atomic mass is 32.2. The molecule has 0 saturated carbocycles. The van der Waals surface area contributed by atoms with Crippen LogP contribution in [0, 0.1) is 23.3 Å². The van der Waals surface area contributed by atoms with Gasteiger partial charge in [-0.15, -0.1) is 11.8 Å². The van der Waals surface area contributed by atoms with Crippen molar-refractivity contribution in [2.75, 3.05) is 16.4 Å². The molecule has 0 spiro atoms. The van der Waals surface area contributed by atoms with Gasteiger partial charge in [-0.25, -0.2) is 17.6 Å². The molecule has 4 nitrogen and oxygen atoms in total. The van der Waals surface area contributed by atoms with Crippen molar-refractivity contribution >= 4 is 45.7 Å². The summed E-state index contributed by atoms with van der Waals surface area (Å²) >= 11 is 1.04. The van der Waals surface area contributed by atoms with E-state index in [9.17, 15) is 27.2 Å². The monoisotopic (exact) mass is 484 g/mol. The van der Waals surface area contributed by atoms with Gasteiger partial charge in [0.15, 0.2) is 23.3 Å². The van der Waals surface area contributed by atoms with Crippen LogP contribution in [0.15, 0.2) is 77.7 Å². The van der Waals surface area contributed by atoms with Crippen molar-refractivity contribution in [3.8, 4) is 0 Å². The lowest BCUT2D eigenvalue weighted by molar-refractivity contribution is -0.113. The number of carbonyl (C=O) groups is 2. The van der Waals surface area contributed by atoms with E-state index in [0.717, 1.165) is 22.5 Å². The Balaban J connectivity index is 1.35. The van der Waals surface area contributed by atoms with Gasteiger partial charge in [-0.2, -0.15) is 0 Å². The minimum Gasteiger partial charge on any atom is -0.322 e. The SMILES string of the molecule is O=C(CSc1ccc(NC(=O)c2ccc3ccccc3c2)cc1)Nc1c(F)c(F)cc(F)c1F. The standard InChI is InChI=1S/C25H16F4N2O2S/c26-19-12-20(27)23(29)24(22(19)28)31-21(32)13-34-18-9-7-17(8-10-18)30-25(33)16-6-5-14-3-1-2-4-15(14)11-16/h1-12H,13H2,(H,30,33)(H,31,32). The summed E-state index contributed by atoms with van der Waals surface area (Å²) in [5.41, 5.74) is -0.136. The quantitative estimate of drug-likeness (QED) is 0.190. The molecule has 0 aliphatic heterocycles. The van der Waals surface area contributed by atoms with Gasteiger partial charge in [0.05, 0.1) is 5.75 Å². The molecule has 172 valence electrons. The van der Waals surface area contributed by atoms with Crippen LogP contribution in [0.3, 0.4) is 0 Å². The first-order valence-corrected chi connectivity index (χ1v) is 11.0. The third-order valence-electron chi connectivity index (χ3n) is 4.87. The van der Waals surface area contributed by atoms with Crippen LogP contribution in [0.25, 0.3) is 10.8 Å². The van der Waals surface area contributed by atoms with Crippen LogP contribution in [-0.2, 0) is 4.79 Å². The first-order chi connectivity index (χ1) is 16.3. The van der Waals surface area contributed by atoms with Gasteiger partial charge < -0.3 is 10.6 Å². The highest BCUT2D eigenvalue weighted by Gasteiger charge is 2.21. The fraction of sp³-hybridized carbons (Fsp3) is 0.0400. The molecule has 4 rings (SSSR count). The molecular weight excluding hydrogens is 468 g/mol. The van der Waals surface area contributed by atoms with Crippen molar-refractivity contribution < 1.29 is 27.2 Å². The van der Waals surface area contributed by atoms with Crippen LogP contribution in [0.1, 0.15) is 10.4 Å². The zero-order chi connectivity index (χ0) is 24.2. The van der Waals surface area contributed by atoms with E-state index >= 15 is 0 Å². The van der Waals surface area contributed by atoms with Gasteiger partial charge in [-0.3, -0.25) is 9.59 Å². The highest BCUT2D eigenvalue weighted by molar-refractivity contribution is 8.00. The van der Waals surface area contributed by atoms with Crippen LogP contribution in [0.4, 0.5) is 28.9 Å². The largest absolute Gasteiger partial charge is 0.322 e. The van der Waals surface area contributed by atoms with E-state index in [1.807, 2.05) is 35.6 Å². The third-order valence-corrected chi connectivity index (χ3v) is 5.88. The maximum atomic E-state index is 13.7. The minimum absolute atomic E-state index is 0.0649. The Morgan fingerprint density at radius 2 is 1.38 bits per heavy atom. The predicted molar refractivity (Wildman–Crippen MR) is 124 cm³/mol. The molecule has 0 radical (unpaired) electrons. The molecule has 4 aromatic carbocycles. The summed E-state index contributed by atoms with van der Waals surface area (Å²) in [6.07, 6.45) is 0. The second-order valence-corrected chi connectivity index (χ2v) is 8.27. The number of anilines is 2. The Kier molecular flexibility index (Phi) is 6.83. The van der Waals surface area contributed by atoms with Gasteiger partial charge in [0.25, 0.3) is 5.91 Å². The Morgan fingerprint density at radius 1 is 0.735 bits per heavy atom. The molecule has 4 aromatic rings. The second-order valence-electron chi connectivity index (χ2n) is 7.22. The molecule has 0 bridgehead atoms. The number of nitrogens with one attached hydrogen (secondary N) is 2. The smallest absolute Gasteiger partial charge is 0.255 e. The fourth-order valence-corrected chi connectivity index (χ4v) is 3.87. The maximum Gasteiger partial charge on any atom is 0.255 e. The van der Waals surface area contributed by atoms with Crippen LogP contribution in [-0.4, -0.2) is 17.6 Å². The number of hydrogen-bond donors (Lipinski definition) is 2. The number of benzene rings is 4. The minimum atomic E-state index is -1.68. The van der Waals surface area contributed by atoms with Crippen molar-refractivity contribution in [2.24, 2.45) is 0 Å².